The van der Waals surface area contributed by atoms with Crippen molar-refractivity contribution in [2.75, 3.05) is 7.11 Å². The van der Waals surface area contributed by atoms with Crippen molar-refractivity contribution in [3.63, 3.8) is 0 Å². The molecule has 1 aromatic heterocycles. The van der Waals surface area contributed by atoms with Crippen LogP contribution in [-0.4, -0.2) is 35.9 Å². The third kappa shape index (κ3) is 3.60. The van der Waals surface area contributed by atoms with Crippen LogP contribution in [0.25, 0.3) is 10.9 Å². The number of ketones is 1. The highest BCUT2D eigenvalue weighted by atomic mass is 16.5. The molecular weight excluding hydrogens is 346 g/mol. The van der Waals surface area contributed by atoms with Gasteiger partial charge in [0.15, 0.2) is 6.10 Å². The van der Waals surface area contributed by atoms with E-state index in [2.05, 4.69) is 9.72 Å². The molecule has 0 spiro atoms. The number of methoxy groups -OCH3 is 1. The summed E-state index contributed by atoms with van der Waals surface area (Å²) in [7, 11) is 1.28. The third-order valence-electron chi connectivity index (χ3n) is 4.33. The number of aromatic amines is 1. The number of esters is 2. The molecule has 27 heavy (non-hydrogen) atoms. The number of aryl methyl sites for hydroxylation is 1. The molecule has 3 aromatic rings. The van der Waals surface area contributed by atoms with Gasteiger partial charge in [-0.25, -0.2) is 9.59 Å². The van der Waals surface area contributed by atoms with Crippen LogP contribution < -0.4 is 0 Å². The number of H-pyrrole nitrogens is 1. The van der Waals surface area contributed by atoms with Crippen molar-refractivity contribution in [2.24, 2.45) is 0 Å². The van der Waals surface area contributed by atoms with Crippen LogP contribution in [0.15, 0.2) is 48.5 Å². The van der Waals surface area contributed by atoms with E-state index in [-0.39, 0.29) is 11.3 Å². The zero-order valence-electron chi connectivity index (χ0n) is 15.2. The van der Waals surface area contributed by atoms with Crippen LogP contribution >= 0.6 is 0 Å². The summed E-state index contributed by atoms with van der Waals surface area (Å²) < 4.78 is 9.95. The molecule has 0 amide bonds. The zero-order valence-corrected chi connectivity index (χ0v) is 15.2. The molecule has 0 aliphatic rings. The van der Waals surface area contributed by atoms with E-state index in [1.807, 2.05) is 31.2 Å². The fourth-order valence-corrected chi connectivity index (χ4v) is 2.94. The number of aromatic nitrogens is 1. The lowest BCUT2D eigenvalue weighted by Crippen LogP contribution is -2.25. The number of hydrogen-bond acceptors (Lipinski definition) is 5. The smallest absolute Gasteiger partial charge is 0.338 e. The largest absolute Gasteiger partial charge is 0.465 e. The quantitative estimate of drug-likeness (QED) is 0.550. The van der Waals surface area contributed by atoms with E-state index in [0.717, 1.165) is 16.6 Å². The molecule has 6 heteroatoms. The van der Waals surface area contributed by atoms with E-state index in [4.69, 9.17) is 4.74 Å². The van der Waals surface area contributed by atoms with Gasteiger partial charge in [-0.3, -0.25) is 4.79 Å². The van der Waals surface area contributed by atoms with Crippen molar-refractivity contribution in [3.8, 4) is 0 Å². The Hall–Kier alpha value is -3.41. The Bertz CT molecular complexity index is 1020. The van der Waals surface area contributed by atoms with Crippen LogP contribution in [0.4, 0.5) is 0 Å². The molecule has 1 N–H and O–H groups in total. The lowest BCUT2D eigenvalue weighted by molar-refractivity contribution is 0.0319. The normalized spacial score (nSPS) is 11.8. The molecule has 2 aromatic carbocycles. The predicted molar refractivity (Wildman–Crippen MR) is 100 cm³/mol. The van der Waals surface area contributed by atoms with Gasteiger partial charge in [-0.05, 0) is 44.2 Å². The van der Waals surface area contributed by atoms with Gasteiger partial charge in [0.2, 0.25) is 5.78 Å². The average molecular weight is 365 g/mol. The predicted octanol–water partition coefficient (Wildman–Crippen LogP) is 3.69. The number of ether oxygens (including phenoxy) is 2. The van der Waals surface area contributed by atoms with E-state index in [0.29, 0.717) is 11.1 Å². The number of benzene rings is 2. The number of rotatable bonds is 5. The van der Waals surface area contributed by atoms with Crippen molar-refractivity contribution in [3.05, 3.63) is 70.9 Å². The molecule has 0 saturated carbocycles. The second-order valence-electron chi connectivity index (χ2n) is 6.15. The molecule has 1 atom stereocenters. The minimum Gasteiger partial charge on any atom is -0.465 e. The van der Waals surface area contributed by atoms with Crippen molar-refractivity contribution in [1.29, 1.82) is 0 Å². The van der Waals surface area contributed by atoms with Gasteiger partial charge in [0.25, 0.3) is 0 Å². The Morgan fingerprint density at radius 1 is 0.926 bits per heavy atom. The zero-order chi connectivity index (χ0) is 19.6. The Kier molecular flexibility index (Phi) is 5.07. The maximum atomic E-state index is 12.8. The molecule has 0 bridgehead atoms. The van der Waals surface area contributed by atoms with Gasteiger partial charge >= 0.3 is 11.9 Å². The second kappa shape index (κ2) is 7.45. The van der Waals surface area contributed by atoms with Crippen LogP contribution in [-0.2, 0) is 9.47 Å². The highest BCUT2D eigenvalue weighted by molar-refractivity contribution is 6.11. The fraction of sp³-hybridized carbons (Fsp3) is 0.190. The molecule has 0 fully saturated rings. The summed E-state index contributed by atoms with van der Waals surface area (Å²) in [4.78, 5) is 39.8. The van der Waals surface area contributed by atoms with Crippen LogP contribution in [0.1, 0.15) is 43.7 Å². The highest BCUT2D eigenvalue weighted by Crippen LogP contribution is 2.24. The highest BCUT2D eigenvalue weighted by Gasteiger charge is 2.25. The lowest BCUT2D eigenvalue weighted by Gasteiger charge is -2.13. The van der Waals surface area contributed by atoms with Crippen molar-refractivity contribution in [2.45, 2.75) is 20.0 Å². The summed E-state index contributed by atoms with van der Waals surface area (Å²) in [5.41, 5.74) is 2.68. The summed E-state index contributed by atoms with van der Waals surface area (Å²) >= 11 is 0. The number of nitrogens with one attached hydrogen (secondary N) is 1. The van der Waals surface area contributed by atoms with E-state index in [9.17, 15) is 14.4 Å². The van der Waals surface area contributed by atoms with Crippen molar-refractivity contribution in [1.82, 2.24) is 4.98 Å². The van der Waals surface area contributed by atoms with E-state index >= 15 is 0 Å². The number of para-hydroxylation sites is 1. The molecule has 0 unspecified atom stereocenters. The van der Waals surface area contributed by atoms with E-state index in [1.165, 1.54) is 31.4 Å². The van der Waals surface area contributed by atoms with Gasteiger partial charge in [-0.2, -0.15) is 0 Å². The van der Waals surface area contributed by atoms with Crippen LogP contribution in [0.2, 0.25) is 0 Å². The first-order valence-corrected chi connectivity index (χ1v) is 8.43. The number of carbonyl (C=O) groups is 3. The number of carbonyl (C=O) groups excluding carboxylic acids is 3. The standard InChI is InChI=1S/C21H19NO5/c1-12-18(16-6-4-5-7-17(16)22-12)19(23)13(2)27-21(25)15-10-8-14(9-11-15)20(24)26-3/h4-11,13,22H,1-3H3/t13-/m1/s1. The minimum absolute atomic E-state index is 0.248. The molecular formula is C21H19NO5. The number of fused-ring (bicyclic) bond motifs is 1. The first-order valence-electron chi connectivity index (χ1n) is 8.43. The summed E-state index contributed by atoms with van der Waals surface area (Å²) in [6, 6.07) is 13.3. The van der Waals surface area contributed by atoms with Gasteiger partial charge in [0.1, 0.15) is 0 Å². The minimum atomic E-state index is -0.948. The molecule has 138 valence electrons. The number of hydrogen-bond donors (Lipinski definition) is 1. The number of Topliss-reactive ketones (excluding diaryl/α,β-unsaturated/α-hetero) is 1. The molecule has 1 heterocycles. The lowest BCUT2D eigenvalue weighted by atomic mass is 10.0. The van der Waals surface area contributed by atoms with E-state index < -0.39 is 18.0 Å². The molecule has 0 aliphatic heterocycles. The molecule has 3 rings (SSSR count). The van der Waals surface area contributed by atoms with Gasteiger partial charge in [0, 0.05) is 22.2 Å². The maximum absolute atomic E-state index is 12.8. The third-order valence-corrected chi connectivity index (χ3v) is 4.33. The first-order chi connectivity index (χ1) is 12.9. The van der Waals surface area contributed by atoms with Crippen LogP contribution in [0.3, 0.4) is 0 Å². The molecule has 6 nitrogen and oxygen atoms in total. The summed E-state index contributed by atoms with van der Waals surface area (Å²) in [5.74, 6) is -1.40. The topological polar surface area (TPSA) is 85.5 Å². The monoisotopic (exact) mass is 365 g/mol. The average Bonchev–Trinajstić information content (AvgIpc) is 3.02. The molecule has 0 aliphatic carbocycles. The van der Waals surface area contributed by atoms with Crippen LogP contribution in [0, 0.1) is 6.92 Å². The molecule has 0 radical (unpaired) electrons. The summed E-state index contributed by atoms with van der Waals surface area (Å²) in [6.45, 7) is 3.36. The van der Waals surface area contributed by atoms with Gasteiger partial charge in [-0.1, -0.05) is 18.2 Å². The van der Waals surface area contributed by atoms with E-state index in [1.54, 1.807) is 6.92 Å². The Labute approximate surface area is 156 Å². The molecule has 0 saturated heterocycles. The first kappa shape index (κ1) is 18.4. The van der Waals surface area contributed by atoms with Gasteiger partial charge in [0.05, 0.1) is 18.2 Å². The van der Waals surface area contributed by atoms with Crippen molar-refractivity contribution < 1.29 is 23.9 Å². The second-order valence-corrected chi connectivity index (χ2v) is 6.15. The Morgan fingerprint density at radius 2 is 1.52 bits per heavy atom. The fourth-order valence-electron chi connectivity index (χ4n) is 2.94. The Morgan fingerprint density at radius 3 is 2.15 bits per heavy atom. The van der Waals surface area contributed by atoms with Gasteiger partial charge < -0.3 is 14.5 Å². The Balaban J connectivity index is 1.77. The summed E-state index contributed by atoms with van der Waals surface area (Å²) in [5, 5.41) is 0.797. The summed E-state index contributed by atoms with van der Waals surface area (Å²) in [6.07, 6.45) is -0.948. The maximum Gasteiger partial charge on any atom is 0.338 e. The van der Waals surface area contributed by atoms with Crippen LogP contribution in [0.5, 0.6) is 0 Å². The van der Waals surface area contributed by atoms with Crippen molar-refractivity contribution >= 4 is 28.6 Å². The SMILES string of the molecule is COC(=O)c1ccc(C(=O)O[C@H](C)C(=O)c2c(C)[nH]c3ccccc23)cc1. The van der Waals surface area contributed by atoms with Gasteiger partial charge in [-0.15, -0.1) is 0 Å².